The molecular weight excluding hydrogens is 351 g/mol. The Morgan fingerprint density at radius 3 is 2.40 bits per heavy atom. The highest BCUT2D eigenvalue weighted by molar-refractivity contribution is 6.50. The summed E-state index contributed by atoms with van der Waals surface area (Å²) in [5.74, 6) is -0.182. The highest BCUT2D eigenvalue weighted by Crippen LogP contribution is 2.42. The molecule has 1 unspecified atom stereocenters. The molecule has 2 aromatic heterocycles. The largest absolute Gasteiger partial charge is 0.299 e. The number of aromatic nitrogens is 2. The molecule has 2 heterocycles. The summed E-state index contributed by atoms with van der Waals surface area (Å²) in [6.07, 6.45) is 9.70. The Kier molecular flexibility index (Phi) is 3.21. The van der Waals surface area contributed by atoms with Crippen LogP contribution < -0.4 is 0 Å². The van der Waals surface area contributed by atoms with Gasteiger partial charge in [-0.15, -0.1) is 0 Å². The van der Waals surface area contributed by atoms with E-state index >= 15 is 0 Å². The highest BCUT2D eigenvalue weighted by Gasteiger charge is 2.35. The Hall–Kier alpha value is -2.29. The van der Waals surface area contributed by atoms with Gasteiger partial charge in [0.15, 0.2) is 0 Å². The van der Waals surface area contributed by atoms with Crippen LogP contribution in [0.5, 0.6) is 0 Å². The second kappa shape index (κ2) is 5.35. The van der Waals surface area contributed by atoms with Crippen LogP contribution in [-0.4, -0.2) is 13.7 Å². The van der Waals surface area contributed by atoms with E-state index in [9.17, 15) is 0 Å². The zero-order valence-electron chi connectivity index (χ0n) is 13.2. The molecule has 4 aromatic rings. The summed E-state index contributed by atoms with van der Waals surface area (Å²) >= 11 is 13.0. The van der Waals surface area contributed by atoms with Crippen LogP contribution in [-0.2, 0) is 0 Å². The van der Waals surface area contributed by atoms with Crippen LogP contribution in [0.25, 0.3) is 27.3 Å². The van der Waals surface area contributed by atoms with Crippen LogP contribution in [0.15, 0.2) is 79.0 Å². The van der Waals surface area contributed by atoms with Crippen molar-refractivity contribution in [1.29, 1.82) is 0 Å². The zero-order valence-corrected chi connectivity index (χ0v) is 14.7. The molecule has 1 aliphatic carbocycles. The molecule has 0 spiro atoms. The van der Waals surface area contributed by atoms with Gasteiger partial charge in [-0.2, -0.15) is 0 Å². The molecule has 0 saturated carbocycles. The maximum Gasteiger partial charge on any atom is 0.148 e. The first-order valence-electron chi connectivity index (χ1n) is 8.17. The van der Waals surface area contributed by atoms with Crippen LogP contribution in [0.2, 0.25) is 0 Å². The van der Waals surface area contributed by atoms with Gasteiger partial charge in [0.2, 0.25) is 0 Å². The fourth-order valence-electron chi connectivity index (χ4n) is 3.63. The predicted octanol–water partition coefficient (Wildman–Crippen LogP) is 6.02. The molecular formula is C21H14Cl2N2. The van der Waals surface area contributed by atoms with Crippen molar-refractivity contribution in [2.24, 2.45) is 0 Å². The Morgan fingerprint density at radius 1 is 0.880 bits per heavy atom. The topological polar surface area (TPSA) is 17.3 Å². The molecule has 0 aliphatic heterocycles. The Labute approximate surface area is 155 Å². The number of fused-ring (bicyclic) bond motifs is 6. The minimum absolute atomic E-state index is 0.182. The molecule has 0 bridgehead atoms. The lowest BCUT2D eigenvalue weighted by Gasteiger charge is -2.24. The van der Waals surface area contributed by atoms with Crippen molar-refractivity contribution < 1.29 is 0 Å². The fourth-order valence-corrected chi connectivity index (χ4v) is 4.15. The predicted molar refractivity (Wildman–Crippen MR) is 106 cm³/mol. The first-order chi connectivity index (χ1) is 12.1. The monoisotopic (exact) mass is 364 g/mol. The molecule has 25 heavy (non-hydrogen) atoms. The first-order valence-corrected chi connectivity index (χ1v) is 8.93. The minimum Gasteiger partial charge on any atom is -0.299 e. The van der Waals surface area contributed by atoms with E-state index in [-0.39, 0.29) is 5.92 Å². The number of nitrogens with zero attached hydrogens (tertiary/aromatic N) is 2. The van der Waals surface area contributed by atoms with Gasteiger partial charge in [0.05, 0.1) is 17.1 Å². The van der Waals surface area contributed by atoms with Gasteiger partial charge in [0.1, 0.15) is 9.98 Å². The van der Waals surface area contributed by atoms with Crippen molar-refractivity contribution in [2.45, 2.75) is 10.3 Å². The summed E-state index contributed by atoms with van der Waals surface area (Å²) in [5, 5.41) is 3.53. The summed E-state index contributed by atoms with van der Waals surface area (Å²) in [6.45, 7) is 0. The lowest BCUT2D eigenvalue weighted by atomic mass is 9.97. The van der Waals surface area contributed by atoms with E-state index in [0.717, 1.165) is 22.2 Å². The van der Waals surface area contributed by atoms with Gasteiger partial charge in [-0.1, -0.05) is 83.9 Å². The van der Waals surface area contributed by atoms with Crippen LogP contribution in [0.4, 0.5) is 0 Å². The molecule has 2 aromatic carbocycles. The third kappa shape index (κ3) is 2.21. The van der Waals surface area contributed by atoms with Crippen LogP contribution in [0, 0.1) is 0 Å². The van der Waals surface area contributed by atoms with E-state index in [2.05, 4.69) is 47.0 Å². The Bertz CT molecular complexity index is 1110. The number of rotatable bonds is 1. The van der Waals surface area contributed by atoms with Crippen LogP contribution >= 0.6 is 23.2 Å². The number of benzene rings is 2. The quantitative estimate of drug-likeness (QED) is 0.298. The smallest absolute Gasteiger partial charge is 0.148 e. The van der Waals surface area contributed by atoms with Gasteiger partial charge in [-0.3, -0.25) is 4.40 Å². The van der Waals surface area contributed by atoms with Crippen LogP contribution in [0.1, 0.15) is 11.6 Å². The minimum atomic E-state index is -0.988. The van der Waals surface area contributed by atoms with Gasteiger partial charge in [0.25, 0.3) is 0 Å². The van der Waals surface area contributed by atoms with Crippen molar-refractivity contribution >= 4 is 50.5 Å². The summed E-state index contributed by atoms with van der Waals surface area (Å²) in [4.78, 5) is 4.92. The normalized spacial score (nSPS) is 19.2. The van der Waals surface area contributed by atoms with E-state index < -0.39 is 4.33 Å². The molecule has 0 radical (unpaired) electrons. The molecule has 0 amide bonds. The molecule has 0 N–H and O–H groups in total. The van der Waals surface area contributed by atoms with Gasteiger partial charge in [-0.05, 0) is 17.5 Å². The molecule has 1 aliphatic rings. The average Bonchev–Trinajstić information content (AvgIpc) is 3.07. The summed E-state index contributed by atoms with van der Waals surface area (Å²) < 4.78 is 1.15. The van der Waals surface area contributed by atoms with Crippen molar-refractivity contribution in [3.8, 4) is 0 Å². The lowest BCUT2D eigenvalue weighted by molar-refractivity contribution is 0.780. The van der Waals surface area contributed by atoms with E-state index in [0.29, 0.717) is 0 Å². The molecule has 122 valence electrons. The van der Waals surface area contributed by atoms with Gasteiger partial charge >= 0.3 is 0 Å². The number of imidazole rings is 1. The number of hydrogen-bond donors (Lipinski definition) is 0. The van der Waals surface area contributed by atoms with E-state index in [1.54, 1.807) is 6.08 Å². The van der Waals surface area contributed by atoms with Crippen LogP contribution in [0.3, 0.4) is 0 Å². The van der Waals surface area contributed by atoms with E-state index in [1.807, 2.05) is 30.4 Å². The Balaban J connectivity index is 1.88. The molecule has 2 nitrogen and oxygen atoms in total. The number of halogens is 2. The average molecular weight is 365 g/mol. The molecule has 5 rings (SSSR count). The highest BCUT2D eigenvalue weighted by atomic mass is 35.5. The standard InChI is InChI=1S/C21H14Cl2N2/c22-21(23)12-6-5-10-17(21)18-13-25-19-11-4-3-8-15(19)14-7-1-2-9-16(14)20(25)24-18/h1-13,17H. The lowest BCUT2D eigenvalue weighted by Crippen LogP contribution is -2.21. The number of hydrogen-bond acceptors (Lipinski definition) is 1. The summed E-state index contributed by atoms with van der Waals surface area (Å²) in [6, 6.07) is 16.7. The third-order valence-corrected chi connectivity index (χ3v) is 5.53. The van der Waals surface area contributed by atoms with Crippen molar-refractivity contribution in [1.82, 2.24) is 9.38 Å². The van der Waals surface area contributed by atoms with Gasteiger partial charge in [-0.25, -0.2) is 4.98 Å². The fraction of sp³-hybridized carbons (Fsp3) is 0.0952. The van der Waals surface area contributed by atoms with E-state index in [1.165, 1.54) is 10.8 Å². The molecule has 0 saturated heterocycles. The third-order valence-electron chi connectivity index (χ3n) is 4.81. The molecule has 0 fully saturated rings. The maximum absolute atomic E-state index is 6.51. The molecule has 4 heteroatoms. The second-order valence-electron chi connectivity index (χ2n) is 6.32. The number of allylic oxidation sites excluding steroid dienone is 4. The summed E-state index contributed by atoms with van der Waals surface area (Å²) in [5.41, 5.74) is 2.92. The maximum atomic E-state index is 6.51. The van der Waals surface area contributed by atoms with Gasteiger partial charge < -0.3 is 0 Å². The van der Waals surface area contributed by atoms with Crippen molar-refractivity contribution in [3.63, 3.8) is 0 Å². The van der Waals surface area contributed by atoms with Crippen molar-refractivity contribution in [3.05, 3.63) is 84.7 Å². The molecule has 1 atom stereocenters. The first kappa shape index (κ1) is 15.0. The SMILES string of the molecule is ClC1(Cl)C=CC=CC1c1cn2c3ccccc3c3ccccc3c2n1. The Morgan fingerprint density at radius 2 is 1.60 bits per heavy atom. The number of alkyl halides is 2. The van der Waals surface area contributed by atoms with Crippen molar-refractivity contribution in [2.75, 3.05) is 0 Å². The zero-order chi connectivity index (χ0) is 17.0. The second-order valence-corrected chi connectivity index (χ2v) is 7.76. The van der Waals surface area contributed by atoms with Gasteiger partial charge in [0, 0.05) is 17.0 Å². The van der Waals surface area contributed by atoms with E-state index in [4.69, 9.17) is 28.2 Å². The summed E-state index contributed by atoms with van der Waals surface area (Å²) in [7, 11) is 0. The number of pyridine rings is 1. The number of para-hydroxylation sites is 1.